The van der Waals surface area contributed by atoms with Crippen molar-refractivity contribution in [2.75, 3.05) is 40.9 Å². The fourth-order valence-electron chi connectivity index (χ4n) is 6.92. The van der Waals surface area contributed by atoms with E-state index in [2.05, 4.69) is 19.2 Å². The second-order valence-corrected chi connectivity index (χ2v) is 18.5. The SMILES string of the molecule is CCCCCCCCCCCCCCCCCCCCC(O)C(COP(=O)([O-])OCC[N+](C)(C)C)NC(=O)CCCCCCCCCCCCCCC. The molecule has 0 heterocycles. The second kappa shape index (κ2) is 37.1. The van der Waals surface area contributed by atoms with Crippen LogP contribution in [0.3, 0.4) is 0 Å². The summed E-state index contributed by atoms with van der Waals surface area (Å²) in [5, 5.41) is 13.9. The molecule has 0 aromatic carbocycles. The van der Waals surface area contributed by atoms with Crippen molar-refractivity contribution in [2.24, 2.45) is 0 Å². The van der Waals surface area contributed by atoms with Gasteiger partial charge < -0.3 is 28.8 Å². The van der Waals surface area contributed by atoms with E-state index in [1.807, 2.05) is 21.1 Å². The maximum absolute atomic E-state index is 12.8. The van der Waals surface area contributed by atoms with Gasteiger partial charge in [0, 0.05) is 6.42 Å². The Balaban J connectivity index is 4.30. The molecule has 0 rings (SSSR count). The Bertz CT molecular complexity index is 839. The summed E-state index contributed by atoms with van der Waals surface area (Å²) in [6.45, 7) is 4.74. The molecule has 0 aromatic rings. The summed E-state index contributed by atoms with van der Waals surface area (Å²) < 4.78 is 23.3. The number of aliphatic hydroxyl groups is 1. The number of unbranched alkanes of at least 4 members (excludes halogenated alkanes) is 29. The first kappa shape index (κ1) is 52.5. The normalized spacial score (nSPS) is 14.3. The summed E-state index contributed by atoms with van der Waals surface area (Å²) in [7, 11) is 1.32. The lowest BCUT2D eigenvalue weighted by molar-refractivity contribution is -0.870. The van der Waals surface area contributed by atoms with Crippen LogP contribution < -0.4 is 10.2 Å². The topological polar surface area (TPSA) is 108 Å². The highest BCUT2D eigenvalue weighted by atomic mass is 31.2. The summed E-state index contributed by atoms with van der Waals surface area (Å²) in [6.07, 6.45) is 39.5. The van der Waals surface area contributed by atoms with E-state index < -0.39 is 20.0 Å². The first-order chi connectivity index (χ1) is 25.5. The third kappa shape index (κ3) is 39.5. The van der Waals surface area contributed by atoms with Crippen molar-refractivity contribution >= 4 is 13.7 Å². The molecule has 1 amide bonds. The molecule has 0 saturated carbocycles. The highest BCUT2D eigenvalue weighted by Gasteiger charge is 2.24. The largest absolute Gasteiger partial charge is 0.756 e. The van der Waals surface area contributed by atoms with Crippen LogP contribution in [0.25, 0.3) is 0 Å². The summed E-state index contributed by atoms with van der Waals surface area (Å²) in [6, 6.07) is -0.792. The summed E-state index contributed by atoms with van der Waals surface area (Å²) in [4.78, 5) is 25.3. The summed E-state index contributed by atoms with van der Waals surface area (Å²) in [5.74, 6) is -0.162. The molecule has 0 aliphatic carbocycles. The number of carbonyl (C=O) groups excluding carboxylic acids is 1. The molecule has 9 heteroatoms. The molecule has 0 aliphatic heterocycles. The molecular weight excluding hydrogens is 683 g/mol. The number of rotatable bonds is 42. The lowest BCUT2D eigenvalue weighted by Gasteiger charge is -2.30. The molecule has 0 saturated heterocycles. The molecule has 0 spiro atoms. The van der Waals surface area contributed by atoms with Gasteiger partial charge in [-0.05, 0) is 12.8 Å². The highest BCUT2D eigenvalue weighted by Crippen LogP contribution is 2.38. The maximum Gasteiger partial charge on any atom is 0.268 e. The lowest BCUT2D eigenvalue weighted by atomic mass is 10.0. The van der Waals surface area contributed by atoms with Crippen LogP contribution in [0.2, 0.25) is 0 Å². The zero-order valence-corrected chi connectivity index (χ0v) is 36.9. The van der Waals surface area contributed by atoms with E-state index >= 15 is 0 Å². The van der Waals surface area contributed by atoms with Gasteiger partial charge in [-0.15, -0.1) is 0 Å². The van der Waals surface area contributed by atoms with Crippen LogP contribution in [-0.2, 0) is 18.4 Å². The van der Waals surface area contributed by atoms with Gasteiger partial charge in [-0.25, -0.2) is 0 Å². The monoisotopic (exact) mass is 775 g/mol. The van der Waals surface area contributed by atoms with E-state index in [4.69, 9.17) is 9.05 Å². The Hall–Kier alpha value is -0.500. The van der Waals surface area contributed by atoms with Crippen molar-refractivity contribution in [3.8, 4) is 0 Å². The van der Waals surface area contributed by atoms with Gasteiger partial charge in [0.1, 0.15) is 13.2 Å². The van der Waals surface area contributed by atoms with Crippen molar-refractivity contribution < 1.29 is 32.9 Å². The third-order valence-electron chi connectivity index (χ3n) is 10.6. The molecule has 53 heavy (non-hydrogen) atoms. The summed E-state index contributed by atoms with van der Waals surface area (Å²) in [5.41, 5.74) is 0. The number of amides is 1. The number of aliphatic hydroxyl groups excluding tert-OH is 1. The predicted octanol–water partition coefficient (Wildman–Crippen LogP) is 12.0. The Kier molecular flexibility index (Phi) is 36.7. The molecule has 0 bridgehead atoms. The predicted molar refractivity (Wildman–Crippen MR) is 224 cm³/mol. The van der Waals surface area contributed by atoms with Crippen molar-refractivity contribution in [1.82, 2.24) is 5.32 Å². The second-order valence-electron chi connectivity index (χ2n) is 17.1. The van der Waals surface area contributed by atoms with Crippen LogP contribution in [0.5, 0.6) is 0 Å². The van der Waals surface area contributed by atoms with E-state index in [0.717, 1.165) is 38.5 Å². The molecule has 0 aromatic heterocycles. The van der Waals surface area contributed by atoms with Gasteiger partial charge in [-0.2, -0.15) is 0 Å². The number of phosphoric ester groups is 1. The zero-order chi connectivity index (χ0) is 39.3. The molecule has 0 aliphatic rings. The van der Waals surface area contributed by atoms with E-state index in [1.165, 1.54) is 161 Å². The quantitative estimate of drug-likeness (QED) is 0.0363. The number of phosphoric acid groups is 1. The minimum atomic E-state index is -4.56. The van der Waals surface area contributed by atoms with Crippen molar-refractivity contribution in [1.29, 1.82) is 0 Å². The number of hydrogen-bond donors (Lipinski definition) is 2. The smallest absolute Gasteiger partial charge is 0.268 e. The molecule has 318 valence electrons. The highest BCUT2D eigenvalue weighted by molar-refractivity contribution is 7.45. The van der Waals surface area contributed by atoms with Gasteiger partial charge in [0.15, 0.2) is 0 Å². The summed E-state index contributed by atoms with van der Waals surface area (Å²) >= 11 is 0. The van der Waals surface area contributed by atoms with Gasteiger partial charge in [0.25, 0.3) is 7.82 Å². The van der Waals surface area contributed by atoms with Crippen molar-refractivity contribution in [2.45, 2.75) is 238 Å². The molecule has 0 radical (unpaired) electrons. The minimum absolute atomic E-state index is 0.0161. The van der Waals surface area contributed by atoms with E-state index in [9.17, 15) is 19.4 Å². The molecular formula is C44H91N2O6P. The van der Waals surface area contributed by atoms with Crippen LogP contribution in [-0.4, -0.2) is 68.5 Å². The van der Waals surface area contributed by atoms with Crippen molar-refractivity contribution in [3.63, 3.8) is 0 Å². The van der Waals surface area contributed by atoms with Crippen LogP contribution in [0.15, 0.2) is 0 Å². The molecule has 8 nitrogen and oxygen atoms in total. The third-order valence-corrected chi connectivity index (χ3v) is 11.6. The number of hydrogen-bond acceptors (Lipinski definition) is 6. The zero-order valence-electron chi connectivity index (χ0n) is 36.0. The van der Waals surface area contributed by atoms with Gasteiger partial charge in [0.2, 0.25) is 5.91 Å². The first-order valence-electron chi connectivity index (χ1n) is 22.9. The van der Waals surface area contributed by atoms with Crippen LogP contribution in [0.4, 0.5) is 0 Å². The minimum Gasteiger partial charge on any atom is -0.756 e. The van der Waals surface area contributed by atoms with E-state index in [1.54, 1.807) is 0 Å². The van der Waals surface area contributed by atoms with Gasteiger partial charge in [0.05, 0.1) is 39.9 Å². The maximum atomic E-state index is 12.8. The van der Waals surface area contributed by atoms with E-state index in [0.29, 0.717) is 23.9 Å². The Morgan fingerprint density at radius 1 is 0.585 bits per heavy atom. The average molecular weight is 775 g/mol. The molecule has 0 fully saturated rings. The number of quaternary nitrogens is 1. The number of nitrogens with zero attached hydrogens (tertiary/aromatic N) is 1. The first-order valence-corrected chi connectivity index (χ1v) is 24.3. The number of carbonyl (C=O) groups is 1. The fourth-order valence-corrected chi connectivity index (χ4v) is 7.65. The van der Waals surface area contributed by atoms with Gasteiger partial charge in [-0.1, -0.05) is 206 Å². The van der Waals surface area contributed by atoms with Gasteiger partial charge >= 0.3 is 0 Å². The van der Waals surface area contributed by atoms with Crippen LogP contribution in [0.1, 0.15) is 226 Å². The van der Waals surface area contributed by atoms with Crippen molar-refractivity contribution in [3.05, 3.63) is 0 Å². The molecule has 3 atom stereocenters. The Labute approximate surface area is 329 Å². The molecule has 2 N–H and O–H groups in total. The fraction of sp³-hybridized carbons (Fsp3) is 0.977. The van der Waals surface area contributed by atoms with Gasteiger partial charge in [-0.3, -0.25) is 9.36 Å². The van der Waals surface area contributed by atoms with Crippen LogP contribution >= 0.6 is 7.82 Å². The number of likely N-dealkylation sites (N-methyl/N-ethyl adjacent to an activating group) is 1. The Morgan fingerprint density at radius 3 is 1.28 bits per heavy atom. The van der Waals surface area contributed by atoms with E-state index in [-0.39, 0.29) is 19.1 Å². The standard InChI is InChI=1S/C44H91N2O6P/c1-6-8-10-12-14-16-18-20-21-22-23-24-26-27-29-31-33-35-37-43(47)42(41-52-53(49,50)51-40-39-46(3,4)5)45-44(48)38-36-34-32-30-28-25-19-17-15-13-11-9-7-2/h42-43,47H,6-41H2,1-5H3,(H-,45,48,49,50). The Morgan fingerprint density at radius 2 is 0.925 bits per heavy atom. The van der Waals surface area contributed by atoms with Crippen LogP contribution in [0, 0.1) is 0 Å². The molecule has 3 unspecified atom stereocenters. The lowest BCUT2D eigenvalue weighted by Crippen LogP contribution is -2.46. The average Bonchev–Trinajstić information content (AvgIpc) is 3.10. The number of nitrogens with one attached hydrogen (secondary N) is 1.